The number of rotatable bonds is 3. The van der Waals surface area contributed by atoms with Crippen LogP contribution in [0.3, 0.4) is 0 Å². The number of methoxy groups -OCH3 is 2. The van der Waals surface area contributed by atoms with Crippen LogP contribution < -0.4 is 10.1 Å². The van der Waals surface area contributed by atoms with Gasteiger partial charge in [0.25, 0.3) is 0 Å². The summed E-state index contributed by atoms with van der Waals surface area (Å²) in [5, 5.41) is 2.76. The van der Waals surface area contributed by atoms with Gasteiger partial charge in [-0.05, 0) is 12.1 Å². The van der Waals surface area contributed by atoms with E-state index in [1.54, 1.807) is 31.4 Å². The molecule has 1 aromatic rings. The SMILES string of the molecule is COC(=O)C1CN(C(=O)Nc2cccc(OC)c2)CCO1. The van der Waals surface area contributed by atoms with E-state index in [4.69, 9.17) is 9.47 Å². The van der Waals surface area contributed by atoms with Gasteiger partial charge in [-0.15, -0.1) is 0 Å². The zero-order chi connectivity index (χ0) is 15.2. The van der Waals surface area contributed by atoms with Crippen molar-refractivity contribution < 1.29 is 23.8 Å². The molecular formula is C14H18N2O5. The number of carbonyl (C=O) groups is 2. The number of hydrogen-bond acceptors (Lipinski definition) is 5. The third kappa shape index (κ3) is 3.85. The van der Waals surface area contributed by atoms with Crippen LogP contribution in [0.2, 0.25) is 0 Å². The van der Waals surface area contributed by atoms with Crippen LogP contribution in [-0.2, 0) is 14.3 Å². The monoisotopic (exact) mass is 294 g/mol. The Labute approximate surface area is 122 Å². The van der Waals surface area contributed by atoms with Gasteiger partial charge in [-0.3, -0.25) is 0 Å². The highest BCUT2D eigenvalue weighted by Gasteiger charge is 2.29. The third-order valence-electron chi connectivity index (χ3n) is 3.14. The summed E-state index contributed by atoms with van der Waals surface area (Å²) in [6.45, 7) is 0.886. The smallest absolute Gasteiger partial charge is 0.336 e. The molecule has 7 heteroatoms. The number of anilines is 1. The first-order valence-electron chi connectivity index (χ1n) is 6.53. The summed E-state index contributed by atoms with van der Waals surface area (Å²) in [5.74, 6) is 0.177. The molecule has 1 aliphatic rings. The highest BCUT2D eigenvalue weighted by atomic mass is 16.6. The molecule has 1 atom stereocenters. The molecule has 0 aromatic heterocycles. The zero-order valence-corrected chi connectivity index (χ0v) is 12.0. The van der Waals surface area contributed by atoms with Gasteiger partial charge in [0.15, 0.2) is 6.10 Å². The molecule has 2 amide bonds. The zero-order valence-electron chi connectivity index (χ0n) is 12.0. The average molecular weight is 294 g/mol. The molecule has 0 radical (unpaired) electrons. The van der Waals surface area contributed by atoms with E-state index in [9.17, 15) is 9.59 Å². The first-order valence-corrected chi connectivity index (χ1v) is 6.53. The van der Waals surface area contributed by atoms with Gasteiger partial charge in [-0.25, -0.2) is 9.59 Å². The molecule has 1 aliphatic heterocycles. The van der Waals surface area contributed by atoms with Gasteiger partial charge >= 0.3 is 12.0 Å². The molecular weight excluding hydrogens is 276 g/mol. The van der Waals surface area contributed by atoms with Crippen molar-refractivity contribution in [3.05, 3.63) is 24.3 Å². The van der Waals surface area contributed by atoms with E-state index in [0.29, 0.717) is 24.6 Å². The van der Waals surface area contributed by atoms with Crippen LogP contribution in [0, 0.1) is 0 Å². The summed E-state index contributed by atoms with van der Waals surface area (Å²) in [5.41, 5.74) is 0.625. The fraction of sp³-hybridized carbons (Fsp3) is 0.429. The Hall–Kier alpha value is -2.28. The van der Waals surface area contributed by atoms with Crippen molar-refractivity contribution in [2.24, 2.45) is 0 Å². The minimum absolute atomic E-state index is 0.169. The van der Waals surface area contributed by atoms with Crippen LogP contribution in [0.5, 0.6) is 5.75 Å². The maximum atomic E-state index is 12.2. The number of carbonyl (C=O) groups excluding carboxylic acids is 2. The van der Waals surface area contributed by atoms with Crippen molar-refractivity contribution in [2.75, 3.05) is 39.2 Å². The fourth-order valence-electron chi connectivity index (χ4n) is 2.01. The van der Waals surface area contributed by atoms with Crippen molar-refractivity contribution in [1.29, 1.82) is 0 Å². The van der Waals surface area contributed by atoms with E-state index in [0.717, 1.165) is 0 Å². The molecule has 1 unspecified atom stereocenters. The number of nitrogens with zero attached hydrogens (tertiary/aromatic N) is 1. The Morgan fingerprint density at radius 2 is 2.19 bits per heavy atom. The lowest BCUT2D eigenvalue weighted by Gasteiger charge is -2.31. The molecule has 1 heterocycles. The van der Waals surface area contributed by atoms with Crippen LogP contribution in [0.1, 0.15) is 0 Å². The number of urea groups is 1. The van der Waals surface area contributed by atoms with Gasteiger partial charge in [0.2, 0.25) is 0 Å². The summed E-state index contributed by atoms with van der Waals surface area (Å²) in [6, 6.07) is 6.76. The minimum atomic E-state index is -0.736. The fourth-order valence-corrected chi connectivity index (χ4v) is 2.01. The van der Waals surface area contributed by atoms with Crippen LogP contribution in [0.25, 0.3) is 0 Å². The summed E-state index contributed by atoms with van der Waals surface area (Å²) >= 11 is 0. The molecule has 1 N–H and O–H groups in total. The molecule has 21 heavy (non-hydrogen) atoms. The molecule has 0 saturated carbocycles. The van der Waals surface area contributed by atoms with E-state index in [-0.39, 0.29) is 12.6 Å². The third-order valence-corrected chi connectivity index (χ3v) is 3.14. The largest absolute Gasteiger partial charge is 0.497 e. The Balaban J connectivity index is 1.97. The van der Waals surface area contributed by atoms with Gasteiger partial charge in [0, 0.05) is 18.3 Å². The second-order valence-corrected chi connectivity index (χ2v) is 4.49. The standard InChI is InChI=1S/C14H18N2O5/c1-19-11-5-3-4-10(8-11)15-14(18)16-6-7-21-12(9-16)13(17)20-2/h3-5,8,12H,6-7,9H2,1-2H3,(H,15,18). The topological polar surface area (TPSA) is 77.1 Å². The van der Waals surface area contributed by atoms with Gasteiger partial charge in [-0.2, -0.15) is 0 Å². The highest BCUT2D eigenvalue weighted by Crippen LogP contribution is 2.17. The number of amides is 2. The summed E-state index contributed by atoms with van der Waals surface area (Å²) < 4.78 is 15.0. The quantitative estimate of drug-likeness (QED) is 0.845. The minimum Gasteiger partial charge on any atom is -0.497 e. The molecule has 1 aromatic carbocycles. The van der Waals surface area contributed by atoms with E-state index in [1.165, 1.54) is 12.0 Å². The highest BCUT2D eigenvalue weighted by molar-refractivity contribution is 5.90. The van der Waals surface area contributed by atoms with Crippen molar-refractivity contribution in [3.63, 3.8) is 0 Å². The van der Waals surface area contributed by atoms with E-state index >= 15 is 0 Å². The van der Waals surface area contributed by atoms with Crippen LogP contribution >= 0.6 is 0 Å². The van der Waals surface area contributed by atoms with Crippen LogP contribution in [0.15, 0.2) is 24.3 Å². The molecule has 1 fully saturated rings. The number of hydrogen-bond donors (Lipinski definition) is 1. The maximum Gasteiger partial charge on any atom is 0.336 e. The molecule has 0 spiro atoms. The second kappa shape index (κ2) is 6.94. The van der Waals surface area contributed by atoms with E-state index in [1.807, 2.05) is 0 Å². The van der Waals surface area contributed by atoms with E-state index in [2.05, 4.69) is 10.1 Å². The molecule has 1 saturated heterocycles. The summed E-state index contributed by atoms with van der Waals surface area (Å²) in [4.78, 5) is 25.2. The first kappa shape index (κ1) is 15.1. The number of nitrogens with one attached hydrogen (secondary N) is 1. The van der Waals surface area contributed by atoms with Gasteiger partial charge in [0.05, 0.1) is 27.4 Å². The Morgan fingerprint density at radius 1 is 1.38 bits per heavy atom. The van der Waals surface area contributed by atoms with Crippen molar-refractivity contribution in [3.8, 4) is 5.75 Å². The number of ether oxygens (including phenoxy) is 3. The average Bonchev–Trinajstić information content (AvgIpc) is 2.54. The normalized spacial score (nSPS) is 18.0. The first-order chi connectivity index (χ1) is 10.1. The molecule has 0 aliphatic carbocycles. The molecule has 114 valence electrons. The predicted molar refractivity (Wildman–Crippen MR) is 75.3 cm³/mol. The summed E-state index contributed by atoms with van der Waals surface area (Å²) in [7, 11) is 2.85. The Morgan fingerprint density at radius 3 is 2.90 bits per heavy atom. The van der Waals surface area contributed by atoms with E-state index < -0.39 is 12.1 Å². The predicted octanol–water partition coefficient (Wildman–Crippen LogP) is 1.10. The maximum absolute atomic E-state index is 12.2. The Bertz CT molecular complexity index is 520. The van der Waals surface area contributed by atoms with Crippen molar-refractivity contribution in [2.45, 2.75) is 6.10 Å². The molecule has 7 nitrogen and oxygen atoms in total. The molecule has 2 rings (SSSR count). The van der Waals surface area contributed by atoms with Crippen molar-refractivity contribution >= 4 is 17.7 Å². The van der Waals surface area contributed by atoms with Gasteiger partial charge < -0.3 is 24.4 Å². The number of benzene rings is 1. The number of morpholine rings is 1. The van der Waals surface area contributed by atoms with Crippen LogP contribution in [0.4, 0.5) is 10.5 Å². The lowest BCUT2D eigenvalue weighted by atomic mass is 10.2. The Kier molecular flexibility index (Phi) is 4.99. The summed E-state index contributed by atoms with van der Waals surface area (Å²) in [6.07, 6.45) is -0.736. The lowest BCUT2D eigenvalue weighted by Crippen LogP contribution is -2.50. The lowest BCUT2D eigenvalue weighted by molar-refractivity contribution is -0.158. The second-order valence-electron chi connectivity index (χ2n) is 4.49. The van der Waals surface area contributed by atoms with Gasteiger partial charge in [-0.1, -0.05) is 6.07 Å². The van der Waals surface area contributed by atoms with Crippen LogP contribution in [-0.4, -0.2) is 56.9 Å². The molecule has 0 bridgehead atoms. The van der Waals surface area contributed by atoms with Crippen molar-refractivity contribution in [1.82, 2.24) is 4.90 Å². The van der Waals surface area contributed by atoms with Gasteiger partial charge in [0.1, 0.15) is 5.75 Å². The number of esters is 1.